The van der Waals surface area contributed by atoms with E-state index in [0.717, 1.165) is 16.5 Å². The Kier molecular flexibility index (Phi) is 4.47. The molecule has 1 heterocycles. The number of hydrogen-bond acceptors (Lipinski definition) is 4. The molecule has 0 aliphatic heterocycles. The van der Waals surface area contributed by atoms with Crippen molar-refractivity contribution < 1.29 is 4.79 Å². The van der Waals surface area contributed by atoms with Gasteiger partial charge in [-0.15, -0.1) is 10.2 Å². The van der Waals surface area contributed by atoms with Gasteiger partial charge in [-0.3, -0.25) is 4.79 Å². The van der Waals surface area contributed by atoms with Gasteiger partial charge in [0.05, 0.1) is 11.8 Å². The smallest absolute Gasteiger partial charge is 0.230 e. The van der Waals surface area contributed by atoms with E-state index in [1.807, 2.05) is 44.2 Å². The largest absolute Gasteiger partial charge is 0.349 e. The standard InChI is InChI=1S/C16H20N4OS/c1-11(13-6-4-3-5-7-13)17-15(21)10-22-16-19-18-12(2)20(16)14-8-9-14/h3-7,11,14H,8-10H2,1-2H3,(H,17,21). The topological polar surface area (TPSA) is 59.8 Å². The number of carbonyl (C=O) groups excluding carboxylic acids is 1. The number of nitrogens with zero attached hydrogens (tertiary/aromatic N) is 3. The van der Waals surface area contributed by atoms with Crippen molar-refractivity contribution >= 4 is 17.7 Å². The van der Waals surface area contributed by atoms with Crippen molar-refractivity contribution in [3.8, 4) is 0 Å². The molecule has 1 aliphatic carbocycles. The number of hydrogen-bond donors (Lipinski definition) is 1. The molecule has 0 radical (unpaired) electrons. The van der Waals surface area contributed by atoms with Crippen LogP contribution in [0.4, 0.5) is 0 Å². The Bertz CT molecular complexity index is 651. The number of thioether (sulfide) groups is 1. The molecule has 2 aromatic rings. The van der Waals surface area contributed by atoms with Gasteiger partial charge in [-0.05, 0) is 32.3 Å². The Morgan fingerprint density at radius 3 is 2.77 bits per heavy atom. The van der Waals surface area contributed by atoms with Crippen LogP contribution in [0, 0.1) is 6.92 Å². The predicted molar refractivity (Wildman–Crippen MR) is 86.8 cm³/mol. The second kappa shape index (κ2) is 6.52. The van der Waals surface area contributed by atoms with E-state index < -0.39 is 0 Å². The first-order chi connectivity index (χ1) is 10.6. The lowest BCUT2D eigenvalue weighted by atomic mass is 10.1. The lowest BCUT2D eigenvalue weighted by Gasteiger charge is -2.14. The van der Waals surface area contributed by atoms with Crippen LogP contribution in [-0.2, 0) is 4.79 Å². The number of rotatable bonds is 6. The van der Waals surface area contributed by atoms with Gasteiger partial charge in [-0.25, -0.2) is 0 Å². The first kappa shape index (κ1) is 15.1. The molecule has 1 aliphatic rings. The molecule has 22 heavy (non-hydrogen) atoms. The van der Waals surface area contributed by atoms with Gasteiger partial charge >= 0.3 is 0 Å². The maximum absolute atomic E-state index is 12.1. The van der Waals surface area contributed by atoms with Gasteiger partial charge in [0.15, 0.2) is 5.16 Å². The van der Waals surface area contributed by atoms with Crippen LogP contribution in [0.5, 0.6) is 0 Å². The number of amides is 1. The minimum Gasteiger partial charge on any atom is -0.349 e. The Balaban J connectivity index is 1.54. The molecular formula is C16H20N4OS. The van der Waals surface area contributed by atoms with E-state index >= 15 is 0 Å². The molecule has 5 nitrogen and oxygen atoms in total. The fraction of sp³-hybridized carbons (Fsp3) is 0.438. The van der Waals surface area contributed by atoms with Crippen molar-refractivity contribution in [1.82, 2.24) is 20.1 Å². The van der Waals surface area contributed by atoms with Gasteiger partial charge in [0.25, 0.3) is 0 Å². The average Bonchev–Trinajstić information content (AvgIpc) is 3.29. The van der Waals surface area contributed by atoms with Crippen LogP contribution in [0.3, 0.4) is 0 Å². The maximum atomic E-state index is 12.1. The van der Waals surface area contributed by atoms with Crippen molar-refractivity contribution in [3.05, 3.63) is 41.7 Å². The summed E-state index contributed by atoms with van der Waals surface area (Å²) < 4.78 is 2.15. The van der Waals surface area contributed by atoms with E-state index in [-0.39, 0.29) is 11.9 Å². The van der Waals surface area contributed by atoms with E-state index in [0.29, 0.717) is 11.8 Å². The van der Waals surface area contributed by atoms with Gasteiger partial charge in [0.1, 0.15) is 5.82 Å². The molecule has 0 bridgehead atoms. The van der Waals surface area contributed by atoms with Gasteiger partial charge in [-0.1, -0.05) is 42.1 Å². The average molecular weight is 316 g/mol. The summed E-state index contributed by atoms with van der Waals surface area (Å²) in [5.41, 5.74) is 1.11. The minimum absolute atomic E-state index is 0.0114. The zero-order valence-electron chi connectivity index (χ0n) is 12.8. The highest BCUT2D eigenvalue weighted by molar-refractivity contribution is 7.99. The Morgan fingerprint density at radius 1 is 1.36 bits per heavy atom. The molecule has 1 aromatic carbocycles. The first-order valence-corrected chi connectivity index (χ1v) is 8.52. The van der Waals surface area contributed by atoms with Gasteiger partial charge in [-0.2, -0.15) is 0 Å². The summed E-state index contributed by atoms with van der Waals surface area (Å²) in [6.45, 7) is 3.96. The highest BCUT2D eigenvalue weighted by Crippen LogP contribution is 2.38. The maximum Gasteiger partial charge on any atom is 0.230 e. The molecule has 6 heteroatoms. The monoisotopic (exact) mass is 316 g/mol. The fourth-order valence-corrected chi connectivity index (χ4v) is 3.30. The molecule has 0 saturated heterocycles. The van der Waals surface area contributed by atoms with Crippen LogP contribution in [0.15, 0.2) is 35.5 Å². The lowest BCUT2D eigenvalue weighted by Crippen LogP contribution is -2.28. The minimum atomic E-state index is 0.0114. The predicted octanol–water partition coefficient (Wildman–Crippen LogP) is 2.89. The van der Waals surface area contributed by atoms with Crippen molar-refractivity contribution in [3.63, 3.8) is 0 Å². The van der Waals surface area contributed by atoms with Crippen LogP contribution in [0.25, 0.3) is 0 Å². The van der Waals surface area contributed by atoms with Crippen LogP contribution in [0.2, 0.25) is 0 Å². The number of nitrogens with one attached hydrogen (secondary N) is 1. The SMILES string of the molecule is Cc1nnc(SCC(=O)NC(C)c2ccccc2)n1C1CC1. The van der Waals surface area contributed by atoms with Crippen molar-refractivity contribution in [2.24, 2.45) is 0 Å². The zero-order valence-corrected chi connectivity index (χ0v) is 13.6. The molecule has 1 atom stereocenters. The van der Waals surface area contributed by atoms with Crippen LogP contribution < -0.4 is 5.32 Å². The van der Waals surface area contributed by atoms with Gasteiger partial charge < -0.3 is 9.88 Å². The molecule has 1 fully saturated rings. The van der Waals surface area contributed by atoms with Gasteiger partial charge in [0, 0.05) is 6.04 Å². The lowest BCUT2D eigenvalue weighted by molar-refractivity contribution is -0.119. The summed E-state index contributed by atoms with van der Waals surface area (Å²) in [7, 11) is 0. The summed E-state index contributed by atoms with van der Waals surface area (Å²) in [4.78, 5) is 12.1. The number of benzene rings is 1. The molecule has 1 saturated carbocycles. The van der Waals surface area contributed by atoms with Crippen LogP contribution in [-0.4, -0.2) is 26.4 Å². The van der Waals surface area contributed by atoms with Crippen molar-refractivity contribution in [2.75, 3.05) is 5.75 Å². The second-order valence-electron chi connectivity index (χ2n) is 5.62. The Hall–Kier alpha value is -1.82. The van der Waals surface area contributed by atoms with E-state index in [2.05, 4.69) is 20.1 Å². The van der Waals surface area contributed by atoms with Crippen molar-refractivity contribution in [2.45, 2.75) is 43.9 Å². The van der Waals surface area contributed by atoms with Gasteiger partial charge in [0.2, 0.25) is 5.91 Å². The molecular weight excluding hydrogens is 296 g/mol. The molecule has 1 amide bonds. The van der Waals surface area contributed by atoms with E-state index in [9.17, 15) is 4.79 Å². The third kappa shape index (κ3) is 3.50. The third-order valence-corrected chi connectivity index (χ3v) is 4.70. The molecule has 3 rings (SSSR count). The van der Waals surface area contributed by atoms with E-state index in [1.54, 1.807) is 0 Å². The Labute approximate surface area is 134 Å². The molecule has 1 N–H and O–H groups in total. The number of aryl methyl sites for hydroxylation is 1. The fourth-order valence-electron chi connectivity index (χ4n) is 2.44. The van der Waals surface area contributed by atoms with E-state index in [1.165, 1.54) is 24.6 Å². The molecule has 1 aromatic heterocycles. The normalized spacial score (nSPS) is 15.5. The third-order valence-electron chi connectivity index (χ3n) is 3.76. The van der Waals surface area contributed by atoms with Crippen LogP contribution >= 0.6 is 11.8 Å². The highest BCUT2D eigenvalue weighted by Gasteiger charge is 2.28. The summed E-state index contributed by atoms with van der Waals surface area (Å²) in [5.74, 6) is 1.31. The molecule has 1 unspecified atom stereocenters. The highest BCUT2D eigenvalue weighted by atomic mass is 32.2. The first-order valence-electron chi connectivity index (χ1n) is 7.53. The summed E-state index contributed by atoms with van der Waals surface area (Å²) >= 11 is 1.46. The van der Waals surface area contributed by atoms with Crippen molar-refractivity contribution in [1.29, 1.82) is 0 Å². The Morgan fingerprint density at radius 2 is 2.09 bits per heavy atom. The number of carbonyl (C=O) groups is 1. The quantitative estimate of drug-likeness (QED) is 0.833. The molecule has 116 valence electrons. The summed E-state index contributed by atoms with van der Waals surface area (Å²) in [5, 5.41) is 12.2. The van der Waals surface area contributed by atoms with Crippen LogP contribution in [0.1, 0.15) is 43.2 Å². The number of aromatic nitrogens is 3. The summed E-state index contributed by atoms with van der Waals surface area (Å²) in [6, 6.07) is 10.5. The second-order valence-corrected chi connectivity index (χ2v) is 6.56. The molecule has 0 spiro atoms. The summed E-state index contributed by atoms with van der Waals surface area (Å²) in [6.07, 6.45) is 2.37. The van der Waals surface area contributed by atoms with E-state index in [4.69, 9.17) is 0 Å². The zero-order chi connectivity index (χ0) is 15.5.